The molecule has 17 heavy (non-hydrogen) atoms. The van der Waals surface area contributed by atoms with Crippen molar-refractivity contribution in [1.29, 1.82) is 0 Å². The summed E-state index contributed by atoms with van der Waals surface area (Å²) in [6, 6.07) is 1.22. The van der Waals surface area contributed by atoms with Gasteiger partial charge in [-0.1, -0.05) is 20.8 Å². The third-order valence-corrected chi connectivity index (χ3v) is 4.20. The van der Waals surface area contributed by atoms with Crippen molar-refractivity contribution in [2.45, 2.75) is 46.2 Å². The monoisotopic (exact) mass is 241 g/mol. The van der Waals surface area contributed by atoms with Crippen LogP contribution in [0.2, 0.25) is 0 Å². The van der Waals surface area contributed by atoms with Crippen LogP contribution in [0, 0.1) is 11.8 Å². The molecule has 2 N–H and O–H groups in total. The third kappa shape index (κ3) is 4.23. The molecule has 0 aliphatic carbocycles. The normalized spacial score (nSPS) is 27.4. The van der Waals surface area contributed by atoms with Gasteiger partial charge >= 0.3 is 0 Å². The molecule has 0 bridgehead atoms. The minimum absolute atomic E-state index is 0.563. The Morgan fingerprint density at radius 1 is 1.24 bits per heavy atom. The SMILES string of the molecule is CC(C)CC(C)C(CN)N1CCN(C)C(C)C1. The summed E-state index contributed by atoms with van der Waals surface area (Å²) in [5.74, 6) is 1.47. The Hall–Kier alpha value is -0.120. The molecule has 0 aromatic carbocycles. The summed E-state index contributed by atoms with van der Waals surface area (Å²) in [4.78, 5) is 5.05. The maximum absolute atomic E-state index is 6.01. The van der Waals surface area contributed by atoms with E-state index in [9.17, 15) is 0 Å². The molecule has 3 heteroatoms. The van der Waals surface area contributed by atoms with E-state index in [0.29, 0.717) is 18.0 Å². The van der Waals surface area contributed by atoms with Crippen LogP contribution in [0.25, 0.3) is 0 Å². The van der Waals surface area contributed by atoms with E-state index in [1.54, 1.807) is 0 Å². The third-order valence-electron chi connectivity index (χ3n) is 4.20. The van der Waals surface area contributed by atoms with Crippen molar-refractivity contribution in [3.63, 3.8) is 0 Å². The van der Waals surface area contributed by atoms with Crippen LogP contribution >= 0.6 is 0 Å². The van der Waals surface area contributed by atoms with Crippen LogP contribution in [-0.4, -0.2) is 55.1 Å². The van der Waals surface area contributed by atoms with E-state index in [4.69, 9.17) is 5.73 Å². The summed E-state index contributed by atoms with van der Waals surface area (Å²) in [6.07, 6.45) is 1.28. The van der Waals surface area contributed by atoms with E-state index in [2.05, 4.69) is 44.5 Å². The molecule has 1 rings (SSSR count). The van der Waals surface area contributed by atoms with E-state index in [1.165, 1.54) is 26.1 Å². The second kappa shape index (κ2) is 6.72. The standard InChI is InChI=1S/C14H31N3/c1-11(2)8-12(3)14(9-15)17-7-6-16(5)13(4)10-17/h11-14H,6-10,15H2,1-5H3. The number of likely N-dealkylation sites (N-methyl/N-ethyl adjacent to an activating group) is 1. The number of rotatable bonds is 5. The van der Waals surface area contributed by atoms with E-state index in [1.807, 2.05) is 0 Å². The smallest absolute Gasteiger partial charge is 0.0245 e. The van der Waals surface area contributed by atoms with Crippen molar-refractivity contribution < 1.29 is 0 Å². The summed E-state index contributed by atoms with van der Waals surface area (Å²) in [5.41, 5.74) is 6.01. The van der Waals surface area contributed by atoms with Gasteiger partial charge in [0.1, 0.15) is 0 Å². The van der Waals surface area contributed by atoms with E-state index in [-0.39, 0.29) is 0 Å². The molecular weight excluding hydrogens is 210 g/mol. The van der Waals surface area contributed by atoms with Crippen molar-refractivity contribution in [1.82, 2.24) is 9.80 Å². The van der Waals surface area contributed by atoms with Crippen LogP contribution in [0.15, 0.2) is 0 Å². The summed E-state index contributed by atoms with van der Waals surface area (Å²) in [7, 11) is 2.22. The van der Waals surface area contributed by atoms with Gasteiger partial charge in [-0.15, -0.1) is 0 Å². The van der Waals surface area contributed by atoms with E-state index < -0.39 is 0 Å². The van der Waals surface area contributed by atoms with Gasteiger partial charge in [-0.25, -0.2) is 0 Å². The van der Waals surface area contributed by atoms with Crippen molar-refractivity contribution >= 4 is 0 Å². The van der Waals surface area contributed by atoms with Crippen LogP contribution in [0.4, 0.5) is 0 Å². The van der Waals surface area contributed by atoms with E-state index in [0.717, 1.165) is 12.5 Å². The molecular formula is C14H31N3. The Morgan fingerprint density at radius 2 is 1.88 bits per heavy atom. The number of hydrogen-bond acceptors (Lipinski definition) is 3. The Labute approximate surface area is 107 Å². The van der Waals surface area contributed by atoms with Crippen LogP contribution < -0.4 is 5.73 Å². The summed E-state index contributed by atoms with van der Waals surface area (Å²) in [6.45, 7) is 13.6. The molecule has 1 saturated heterocycles. The fourth-order valence-corrected chi connectivity index (χ4v) is 3.02. The average Bonchev–Trinajstić information content (AvgIpc) is 2.23. The van der Waals surface area contributed by atoms with Crippen LogP contribution in [0.1, 0.15) is 34.1 Å². The van der Waals surface area contributed by atoms with Gasteiger partial charge in [-0.3, -0.25) is 4.90 Å². The first-order chi connectivity index (χ1) is 7.95. The minimum atomic E-state index is 0.563. The molecule has 0 aromatic heterocycles. The molecule has 0 aromatic rings. The molecule has 3 unspecified atom stereocenters. The van der Waals surface area contributed by atoms with Crippen LogP contribution in [0.3, 0.4) is 0 Å². The maximum Gasteiger partial charge on any atom is 0.0245 e. The molecule has 102 valence electrons. The van der Waals surface area contributed by atoms with Crippen molar-refractivity contribution in [2.24, 2.45) is 17.6 Å². The lowest BCUT2D eigenvalue weighted by Gasteiger charge is -2.43. The average molecular weight is 241 g/mol. The largest absolute Gasteiger partial charge is 0.329 e. The Kier molecular flexibility index (Phi) is 5.90. The highest BCUT2D eigenvalue weighted by molar-refractivity contribution is 4.85. The van der Waals surface area contributed by atoms with Crippen molar-refractivity contribution in [3.05, 3.63) is 0 Å². The van der Waals surface area contributed by atoms with Gasteiger partial charge in [-0.2, -0.15) is 0 Å². The molecule has 1 aliphatic heterocycles. The molecule has 0 radical (unpaired) electrons. The molecule has 0 spiro atoms. The first-order valence-corrected chi connectivity index (χ1v) is 7.10. The van der Waals surface area contributed by atoms with Gasteiger partial charge in [0.05, 0.1) is 0 Å². The highest BCUT2D eigenvalue weighted by atomic mass is 15.3. The topological polar surface area (TPSA) is 32.5 Å². The second-order valence-electron chi connectivity index (χ2n) is 6.23. The van der Waals surface area contributed by atoms with Crippen LogP contribution in [-0.2, 0) is 0 Å². The fraction of sp³-hybridized carbons (Fsp3) is 1.00. The lowest BCUT2D eigenvalue weighted by molar-refractivity contribution is 0.0510. The van der Waals surface area contributed by atoms with Crippen LogP contribution in [0.5, 0.6) is 0 Å². The zero-order valence-electron chi connectivity index (χ0n) is 12.3. The molecule has 3 atom stereocenters. The lowest BCUT2D eigenvalue weighted by atomic mass is 9.90. The lowest BCUT2D eigenvalue weighted by Crippen LogP contribution is -2.56. The first-order valence-electron chi connectivity index (χ1n) is 7.10. The van der Waals surface area contributed by atoms with Gasteiger partial charge in [-0.05, 0) is 32.2 Å². The summed E-state index contributed by atoms with van der Waals surface area (Å²) < 4.78 is 0. The van der Waals surface area contributed by atoms with Crippen molar-refractivity contribution in [2.75, 3.05) is 33.2 Å². The van der Waals surface area contributed by atoms with Gasteiger partial charge in [0.15, 0.2) is 0 Å². The fourth-order valence-electron chi connectivity index (χ4n) is 3.02. The quantitative estimate of drug-likeness (QED) is 0.794. The van der Waals surface area contributed by atoms with Gasteiger partial charge in [0.2, 0.25) is 0 Å². The Balaban J connectivity index is 2.55. The van der Waals surface area contributed by atoms with Gasteiger partial charge in [0.25, 0.3) is 0 Å². The number of piperazine rings is 1. The molecule has 1 fully saturated rings. The number of nitrogens with zero attached hydrogens (tertiary/aromatic N) is 2. The van der Waals surface area contributed by atoms with Gasteiger partial charge < -0.3 is 10.6 Å². The van der Waals surface area contributed by atoms with Crippen molar-refractivity contribution in [3.8, 4) is 0 Å². The molecule has 0 saturated carbocycles. The first kappa shape index (κ1) is 14.9. The Bertz CT molecular complexity index is 218. The molecule has 3 nitrogen and oxygen atoms in total. The zero-order chi connectivity index (χ0) is 13.0. The second-order valence-corrected chi connectivity index (χ2v) is 6.23. The zero-order valence-corrected chi connectivity index (χ0v) is 12.3. The van der Waals surface area contributed by atoms with Gasteiger partial charge in [0, 0.05) is 38.3 Å². The molecule has 1 heterocycles. The highest BCUT2D eigenvalue weighted by Gasteiger charge is 2.29. The summed E-state index contributed by atoms with van der Waals surface area (Å²) >= 11 is 0. The number of hydrogen-bond donors (Lipinski definition) is 1. The predicted octanol–water partition coefficient (Wildman–Crippen LogP) is 1.63. The summed E-state index contributed by atoms with van der Waals surface area (Å²) in [5, 5.41) is 0. The Morgan fingerprint density at radius 3 is 2.35 bits per heavy atom. The maximum atomic E-state index is 6.01. The minimum Gasteiger partial charge on any atom is -0.329 e. The predicted molar refractivity (Wildman–Crippen MR) is 75.1 cm³/mol. The molecule has 1 aliphatic rings. The number of nitrogens with two attached hydrogens (primary N) is 1. The highest BCUT2D eigenvalue weighted by Crippen LogP contribution is 2.21. The van der Waals surface area contributed by atoms with E-state index >= 15 is 0 Å². The molecule has 0 amide bonds.